The van der Waals surface area contributed by atoms with Crippen LogP contribution in [0.5, 0.6) is 0 Å². The standard InChI is InChI=1S/C20H27N5O3S.C19H25ClN4O2S/c1-13-8-14(2)12-25(11-13)19-7-4-15(10-23-19)24-29(27,28)16-5-6-18(22-3)17(9-16)20(21)26;1-13-8-14(2)12-24(11-13)19-7-4-15(10-22-19)23-27(25,26)16-5-6-18(21-3)17(20)9-16/h4-7,9-10,13-14,22,24H,8,11-12H2,1-3H3,(H2,21,26);4-7,9-10,13-14,21,23H,8,11-12H2,1-3H3/t2*13-,14-/m11/s1. The SMILES string of the molecule is CNc1ccc(S(=O)(=O)Nc2ccc(N3C[C@H](C)C[C@@H](C)C3)nc2)cc1C(N)=O.CNc1ccc(S(=O)(=O)Nc2ccc(N3C[C@H](C)C[C@@H](C)C3)nc2)cc1Cl. The number of anilines is 6. The largest absolute Gasteiger partial charge is 0.387 e. The normalized spacial score (nSPS) is 20.0. The predicted octanol–water partition coefficient (Wildman–Crippen LogP) is 6.57. The van der Waals surface area contributed by atoms with Crippen molar-refractivity contribution in [3.63, 3.8) is 0 Å². The Balaban J connectivity index is 0.000000215. The van der Waals surface area contributed by atoms with Gasteiger partial charge in [-0.2, -0.15) is 0 Å². The molecule has 302 valence electrons. The minimum absolute atomic E-state index is 0.0481. The van der Waals surface area contributed by atoms with Gasteiger partial charge in [-0.3, -0.25) is 14.2 Å². The van der Waals surface area contributed by atoms with Crippen LogP contribution in [0, 0.1) is 23.7 Å². The minimum atomic E-state index is -3.89. The van der Waals surface area contributed by atoms with Crippen LogP contribution in [0.25, 0.3) is 0 Å². The van der Waals surface area contributed by atoms with Gasteiger partial charge in [0, 0.05) is 46.0 Å². The van der Waals surface area contributed by atoms with Crippen LogP contribution in [0.15, 0.2) is 82.8 Å². The number of sulfonamides is 2. The molecule has 0 radical (unpaired) electrons. The fraction of sp³-hybridized carbons (Fsp3) is 0.410. The Labute approximate surface area is 335 Å². The van der Waals surface area contributed by atoms with E-state index in [1.165, 1.54) is 49.4 Å². The Kier molecular flexibility index (Phi) is 13.6. The van der Waals surface area contributed by atoms with E-state index in [4.69, 9.17) is 17.3 Å². The molecule has 2 fully saturated rings. The number of nitrogens with one attached hydrogen (secondary N) is 4. The lowest BCUT2D eigenvalue weighted by atomic mass is 9.92. The molecule has 0 spiro atoms. The van der Waals surface area contributed by atoms with Gasteiger partial charge in [-0.05, 0) is 97.2 Å². The number of primary amides is 1. The summed E-state index contributed by atoms with van der Waals surface area (Å²) in [5, 5.41) is 6.07. The van der Waals surface area contributed by atoms with Gasteiger partial charge in [-0.1, -0.05) is 39.3 Å². The third kappa shape index (κ3) is 10.7. The van der Waals surface area contributed by atoms with Gasteiger partial charge in [-0.15, -0.1) is 0 Å². The number of hydrogen-bond donors (Lipinski definition) is 5. The van der Waals surface area contributed by atoms with Gasteiger partial charge in [0.15, 0.2) is 0 Å². The highest BCUT2D eigenvalue weighted by molar-refractivity contribution is 7.93. The maximum absolute atomic E-state index is 12.7. The Hall–Kier alpha value is -4.80. The fourth-order valence-electron chi connectivity index (χ4n) is 7.37. The van der Waals surface area contributed by atoms with Crippen LogP contribution in [0.1, 0.15) is 50.9 Å². The zero-order valence-corrected chi connectivity index (χ0v) is 35.0. The van der Waals surface area contributed by atoms with Crippen LogP contribution < -0.4 is 35.6 Å². The lowest BCUT2D eigenvalue weighted by Gasteiger charge is -2.35. The molecular weight excluding hydrogens is 774 g/mol. The van der Waals surface area contributed by atoms with E-state index in [1.807, 2.05) is 12.1 Å². The summed E-state index contributed by atoms with van der Waals surface area (Å²) in [6.45, 7) is 12.8. The van der Waals surface area contributed by atoms with Crippen molar-refractivity contribution < 1.29 is 21.6 Å². The molecular formula is C39H52ClN9O5S2. The Morgan fingerprint density at radius 1 is 0.661 bits per heavy atom. The maximum atomic E-state index is 12.7. The summed E-state index contributed by atoms with van der Waals surface area (Å²) in [6, 6.07) is 15.9. The molecule has 0 aliphatic carbocycles. The van der Waals surface area contributed by atoms with Gasteiger partial charge in [-0.25, -0.2) is 26.8 Å². The van der Waals surface area contributed by atoms with Crippen LogP contribution in [-0.2, 0) is 20.0 Å². The Bertz CT molecular complexity index is 2190. The molecule has 17 heteroatoms. The first-order valence-electron chi connectivity index (χ1n) is 18.5. The van der Waals surface area contributed by atoms with Crippen molar-refractivity contribution in [2.24, 2.45) is 29.4 Å². The van der Waals surface area contributed by atoms with Crippen molar-refractivity contribution in [2.75, 3.05) is 70.2 Å². The quantitative estimate of drug-likeness (QED) is 0.110. The molecule has 6 rings (SSSR count). The van der Waals surface area contributed by atoms with E-state index >= 15 is 0 Å². The van der Waals surface area contributed by atoms with Gasteiger partial charge >= 0.3 is 0 Å². The van der Waals surface area contributed by atoms with E-state index < -0.39 is 26.0 Å². The van der Waals surface area contributed by atoms with E-state index in [0.717, 1.165) is 37.8 Å². The van der Waals surface area contributed by atoms with Crippen LogP contribution in [0.2, 0.25) is 5.02 Å². The number of benzene rings is 2. The summed E-state index contributed by atoms with van der Waals surface area (Å²) in [4.78, 5) is 25.0. The zero-order valence-electron chi connectivity index (χ0n) is 32.6. The Morgan fingerprint density at radius 3 is 1.43 bits per heavy atom. The highest BCUT2D eigenvalue weighted by atomic mass is 35.5. The van der Waals surface area contributed by atoms with E-state index in [2.05, 4.69) is 67.5 Å². The average molecular weight is 826 g/mol. The molecule has 2 saturated heterocycles. The second-order valence-electron chi connectivity index (χ2n) is 14.9. The molecule has 2 aromatic carbocycles. The van der Waals surface area contributed by atoms with Crippen LogP contribution in [0.4, 0.5) is 34.4 Å². The Morgan fingerprint density at radius 2 is 1.07 bits per heavy atom. The number of hydrogen-bond acceptors (Lipinski definition) is 11. The number of aromatic nitrogens is 2. The van der Waals surface area contributed by atoms with E-state index in [-0.39, 0.29) is 15.4 Å². The van der Waals surface area contributed by atoms with Gasteiger partial charge < -0.3 is 26.2 Å². The van der Waals surface area contributed by atoms with Crippen LogP contribution in [0.3, 0.4) is 0 Å². The lowest BCUT2D eigenvalue weighted by Crippen LogP contribution is -2.39. The number of rotatable bonds is 11. The fourth-order valence-corrected chi connectivity index (χ4v) is 9.85. The van der Waals surface area contributed by atoms with E-state index in [1.54, 1.807) is 38.5 Å². The predicted molar refractivity (Wildman–Crippen MR) is 226 cm³/mol. The smallest absolute Gasteiger partial charge is 0.261 e. The first-order chi connectivity index (χ1) is 26.5. The highest BCUT2D eigenvalue weighted by Gasteiger charge is 2.25. The summed E-state index contributed by atoms with van der Waals surface area (Å²) >= 11 is 6.10. The molecule has 6 N–H and O–H groups in total. The summed E-state index contributed by atoms with van der Waals surface area (Å²) in [6.07, 6.45) is 5.49. The number of piperidine rings is 2. The highest BCUT2D eigenvalue weighted by Crippen LogP contribution is 2.29. The van der Waals surface area contributed by atoms with E-state index in [9.17, 15) is 21.6 Å². The first-order valence-corrected chi connectivity index (χ1v) is 21.9. The van der Waals surface area contributed by atoms with E-state index in [0.29, 0.717) is 51.4 Å². The molecule has 1 amide bonds. The van der Waals surface area contributed by atoms with Gasteiger partial charge in [0.1, 0.15) is 11.6 Å². The number of carbonyl (C=O) groups excluding carboxylic acids is 1. The second-order valence-corrected chi connectivity index (χ2v) is 18.7. The molecule has 2 aliphatic rings. The third-order valence-corrected chi connectivity index (χ3v) is 12.8. The molecule has 4 heterocycles. The van der Waals surface area contributed by atoms with Crippen LogP contribution >= 0.6 is 11.6 Å². The summed E-state index contributed by atoms with van der Waals surface area (Å²) < 4.78 is 55.7. The van der Waals surface area contributed by atoms with Gasteiger partial charge in [0.2, 0.25) is 0 Å². The monoisotopic (exact) mass is 825 g/mol. The zero-order chi connectivity index (χ0) is 40.8. The van der Waals surface area contributed by atoms with Crippen molar-refractivity contribution in [1.29, 1.82) is 0 Å². The number of nitrogens with two attached hydrogens (primary N) is 1. The molecule has 4 aromatic rings. The molecule has 2 aromatic heterocycles. The second kappa shape index (κ2) is 18.0. The third-order valence-electron chi connectivity index (χ3n) is 9.74. The van der Waals surface area contributed by atoms with Gasteiger partial charge in [0.25, 0.3) is 26.0 Å². The summed E-state index contributed by atoms with van der Waals surface area (Å²) in [7, 11) is -4.26. The summed E-state index contributed by atoms with van der Waals surface area (Å²) in [5.41, 5.74) is 7.37. The maximum Gasteiger partial charge on any atom is 0.261 e. The number of pyridine rings is 2. The topological polar surface area (TPSA) is 192 Å². The van der Waals surface area contributed by atoms with Crippen molar-refractivity contribution in [2.45, 2.75) is 50.3 Å². The van der Waals surface area contributed by atoms with Crippen molar-refractivity contribution >= 4 is 71.9 Å². The molecule has 0 unspecified atom stereocenters. The molecule has 56 heavy (non-hydrogen) atoms. The number of nitrogens with zero attached hydrogens (tertiary/aromatic N) is 4. The summed E-state index contributed by atoms with van der Waals surface area (Å²) in [5.74, 6) is 3.44. The minimum Gasteiger partial charge on any atom is -0.387 e. The number of halogens is 1. The van der Waals surface area contributed by atoms with Gasteiger partial charge in [0.05, 0.1) is 49.8 Å². The van der Waals surface area contributed by atoms with Crippen molar-refractivity contribution in [3.05, 3.63) is 83.6 Å². The molecule has 2 aliphatic heterocycles. The number of carbonyl (C=O) groups is 1. The van der Waals surface area contributed by atoms with Crippen molar-refractivity contribution in [1.82, 2.24) is 9.97 Å². The van der Waals surface area contributed by atoms with Crippen molar-refractivity contribution in [3.8, 4) is 0 Å². The lowest BCUT2D eigenvalue weighted by molar-refractivity contribution is 0.100. The number of amides is 1. The molecule has 4 atom stereocenters. The molecule has 0 saturated carbocycles. The first kappa shape index (κ1) is 42.3. The molecule has 14 nitrogen and oxygen atoms in total. The van der Waals surface area contributed by atoms with Crippen LogP contribution in [-0.4, -0.2) is 73.0 Å². The average Bonchev–Trinajstić information content (AvgIpc) is 3.14. The molecule has 0 bridgehead atoms.